The zero-order chi connectivity index (χ0) is 58.9. The largest absolute Gasteiger partial charge is 0.399 e. The molecule has 0 spiro atoms. The van der Waals surface area contributed by atoms with Crippen LogP contribution in [0.25, 0.3) is 10.9 Å². The third-order valence-corrected chi connectivity index (χ3v) is 18.7. The highest BCUT2D eigenvalue weighted by atomic mass is 79.9. The lowest BCUT2D eigenvalue weighted by Gasteiger charge is -2.41. The van der Waals surface area contributed by atoms with Crippen molar-refractivity contribution in [3.05, 3.63) is 141 Å². The number of carbonyl (C=O) groups excluding carboxylic acids is 8. The molecule has 8 amide bonds. The van der Waals surface area contributed by atoms with Crippen molar-refractivity contribution in [3.63, 3.8) is 0 Å². The quantitative estimate of drug-likeness (QED) is 0.0439. The number of imide groups is 1. The second-order valence-electron chi connectivity index (χ2n) is 22.2. The average Bonchev–Trinajstić information content (AvgIpc) is 4.42. The highest BCUT2D eigenvalue weighted by Gasteiger charge is 2.51. The van der Waals surface area contributed by atoms with Crippen LogP contribution in [0.15, 0.2) is 102 Å². The molecule has 5 aliphatic heterocycles. The predicted octanol–water partition coefficient (Wildman–Crippen LogP) is 4.65. The number of fused-ring (bicyclic) bond motifs is 3. The molecule has 1 aromatic heterocycles. The lowest BCUT2D eigenvalue weighted by atomic mass is 9.94. The molecule has 9 N–H and O–H groups in total. The van der Waals surface area contributed by atoms with Gasteiger partial charge in [-0.25, -0.2) is 0 Å². The summed E-state index contributed by atoms with van der Waals surface area (Å²) in [5, 5.41) is 11.1. The first-order valence-corrected chi connectivity index (χ1v) is 30.1. The van der Waals surface area contributed by atoms with Crippen molar-refractivity contribution in [3.8, 4) is 0 Å². The monoisotopic (exact) mass is 1220 g/mol. The molecule has 25 heteroatoms. The molecule has 21 nitrogen and oxygen atoms in total. The first-order valence-electron chi connectivity index (χ1n) is 27.7. The van der Waals surface area contributed by atoms with Gasteiger partial charge in [0.25, 0.3) is 11.8 Å². The van der Waals surface area contributed by atoms with E-state index in [1.165, 1.54) is 21.9 Å². The van der Waals surface area contributed by atoms with E-state index >= 15 is 4.79 Å². The Balaban J connectivity index is 0.847. The maximum atomic E-state index is 15.2. The number of aromatic nitrogens is 1. The van der Waals surface area contributed by atoms with E-state index in [0.29, 0.717) is 38.0 Å². The van der Waals surface area contributed by atoms with Crippen LogP contribution >= 0.6 is 23.5 Å². The molecule has 4 aromatic carbocycles. The number of hydrogen-bond acceptors (Lipinski definition) is 11. The van der Waals surface area contributed by atoms with Gasteiger partial charge < -0.3 is 51.2 Å². The van der Waals surface area contributed by atoms with Crippen molar-refractivity contribution in [1.29, 1.82) is 0 Å². The van der Waals surface area contributed by atoms with Crippen molar-refractivity contribution in [2.45, 2.75) is 113 Å². The lowest BCUT2D eigenvalue weighted by molar-refractivity contribution is -0.144. The van der Waals surface area contributed by atoms with Gasteiger partial charge in [0, 0.05) is 78.1 Å². The summed E-state index contributed by atoms with van der Waals surface area (Å²) in [6.45, 7) is 3.37. The second-order valence-corrected chi connectivity index (χ2v) is 24.6. The number of likely N-dealkylation sites (tertiary alicyclic amines) is 1. The minimum atomic E-state index is -5.91. The van der Waals surface area contributed by atoms with E-state index in [1.54, 1.807) is 6.07 Å². The maximum Gasteiger partial charge on any atom is 0.399 e. The van der Waals surface area contributed by atoms with E-state index in [1.807, 2.05) is 66.7 Å². The van der Waals surface area contributed by atoms with E-state index in [-0.39, 0.29) is 79.5 Å². The Morgan fingerprint density at radius 2 is 1.52 bits per heavy atom. The van der Waals surface area contributed by atoms with Gasteiger partial charge in [-0.3, -0.25) is 53.1 Å². The topological polar surface area (TPSA) is 297 Å². The van der Waals surface area contributed by atoms with Crippen LogP contribution in [0.3, 0.4) is 0 Å². The van der Waals surface area contributed by atoms with E-state index in [2.05, 4.69) is 52.0 Å². The Bertz CT molecular complexity index is 3360. The molecule has 83 heavy (non-hydrogen) atoms. The summed E-state index contributed by atoms with van der Waals surface area (Å²) < 4.78 is 42.1. The number of piperidine rings is 2. The number of amides is 8. The smallest absolute Gasteiger partial charge is 0.370 e. The van der Waals surface area contributed by atoms with Gasteiger partial charge in [0.2, 0.25) is 35.4 Å². The fourth-order valence-corrected chi connectivity index (χ4v) is 13.3. The molecular weight excluding hydrogens is 1160 g/mol. The number of benzene rings is 4. The number of nitrogens with zero attached hydrogens (tertiary/aromatic N) is 4. The van der Waals surface area contributed by atoms with Crippen molar-refractivity contribution in [1.82, 2.24) is 45.9 Å². The molecule has 0 bridgehead atoms. The van der Waals surface area contributed by atoms with Gasteiger partial charge in [0.05, 0.1) is 6.04 Å². The predicted molar refractivity (Wildman–Crippen MR) is 302 cm³/mol. The number of nitrogens with one attached hydrogen (secondary N) is 5. The van der Waals surface area contributed by atoms with Gasteiger partial charge in [-0.05, 0) is 110 Å². The van der Waals surface area contributed by atoms with Crippen molar-refractivity contribution in [2.75, 3.05) is 32.7 Å². The summed E-state index contributed by atoms with van der Waals surface area (Å²) in [7, 11) is -5.91. The van der Waals surface area contributed by atoms with Gasteiger partial charge in [-0.1, -0.05) is 88.7 Å². The molecule has 5 atom stereocenters. The molecule has 10 rings (SSSR count). The highest BCUT2D eigenvalue weighted by molar-refractivity contribution is 9.10. The van der Waals surface area contributed by atoms with Gasteiger partial charge in [-0.15, -0.1) is 0 Å². The molecule has 1 unspecified atom stereocenters. The number of primary amides is 1. The normalized spacial score (nSPS) is 21.5. The zero-order valence-corrected chi connectivity index (χ0v) is 47.6. The van der Waals surface area contributed by atoms with Crippen LogP contribution in [-0.2, 0) is 52.1 Å². The standard InChI is InChI=1S/C58H64BrF2N10O11P/c59-50-36(11-14-40-41(50)31-70(56(40)78)46-18-20-49(73)66-54(46)76)30-68-24-21-33(22-25-68)29-69-26-23-39-13-17-47(55(77)64-43(16-19-48(62)72)52(74)67-51(34-7-3-1-4-8-34)35-9-5-2-6-10-35)71(39)57(79)45(32-69)65-53(75)44-28-37-27-38(12-15-42(37)63-44)58(60,61)83(80,81)82/h1-12,14-15,27-28,33,39,43,45-47,51,63H,13,16-26,29-32H2,(H2,62,72)(H,64,77)(H,65,75)(H,67,74)(H,66,73,76)(H2,80,81,82)/t39-,43+,45+,46?,47+/m1/s1. The minimum absolute atomic E-state index is 0.0296. The summed E-state index contributed by atoms with van der Waals surface area (Å²) in [4.78, 5) is 138. The number of nitrogens with two attached hydrogens (primary N) is 1. The third-order valence-electron chi connectivity index (χ3n) is 16.7. The van der Waals surface area contributed by atoms with Crippen LogP contribution in [0.4, 0.5) is 8.78 Å². The lowest BCUT2D eigenvalue weighted by Crippen LogP contribution is -2.61. The Labute approximate surface area is 484 Å². The van der Waals surface area contributed by atoms with Crippen LogP contribution in [-0.4, -0.2) is 145 Å². The third kappa shape index (κ3) is 12.8. The first-order chi connectivity index (χ1) is 39.6. The van der Waals surface area contributed by atoms with E-state index in [9.17, 15) is 56.7 Å². The summed E-state index contributed by atoms with van der Waals surface area (Å²) >= 11 is 3.77. The summed E-state index contributed by atoms with van der Waals surface area (Å²) in [6.07, 6.45) is 2.76. The number of H-pyrrole nitrogens is 1. The van der Waals surface area contributed by atoms with Crippen molar-refractivity contribution >= 4 is 81.7 Å². The molecule has 438 valence electrons. The van der Waals surface area contributed by atoms with Crippen LogP contribution < -0.4 is 27.0 Å². The van der Waals surface area contributed by atoms with Crippen LogP contribution in [0.5, 0.6) is 0 Å². The molecule has 6 heterocycles. The summed E-state index contributed by atoms with van der Waals surface area (Å²) in [5.41, 5.74) is 4.00. The molecule has 0 saturated carbocycles. The van der Waals surface area contributed by atoms with Crippen molar-refractivity contribution < 1.29 is 61.5 Å². The number of halogens is 3. The number of carbonyl (C=O) groups is 8. The molecule has 0 radical (unpaired) electrons. The van der Waals surface area contributed by atoms with E-state index in [0.717, 1.165) is 64.8 Å². The Morgan fingerprint density at radius 3 is 2.18 bits per heavy atom. The average molecular weight is 1230 g/mol. The minimum Gasteiger partial charge on any atom is -0.370 e. The van der Waals surface area contributed by atoms with Crippen LogP contribution in [0.2, 0.25) is 0 Å². The molecule has 0 aliphatic carbocycles. The molecule has 5 aliphatic rings. The first kappa shape index (κ1) is 59.0. The number of aromatic amines is 1. The second kappa shape index (κ2) is 24.6. The van der Waals surface area contributed by atoms with E-state index < -0.39 is 90.5 Å². The van der Waals surface area contributed by atoms with Crippen LogP contribution in [0.1, 0.15) is 112 Å². The molecule has 5 aromatic rings. The maximum absolute atomic E-state index is 15.2. The van der Waals surface area contributed by atoms with Gasteiger partial charge in [0.1, 0.15) is 29.9 Å². The fraction of sp³-hybridized carbons (Fsp3) is 0.414. The Hall–Kier alpha value is -7.21. The number of hydrogen-bond donors (Lipinski definition) is 8. The molecule has 4 saturated heterocycles. The van der Waals surface area contributed by atoms with Gasteiger partial charge in [-0.2, -0.15) is 8.78 Å². The highest BCUT2D eigenvalue weighted by Crippen LogP contribution is 2.59. The zero-order valence-electron chi connectivity index (χ0n) is 45.1. The summed E-state index contributed by atoms with van der Waals surface area (Å²) in [5.74, 6) is -4.16. The van der Waals surface area contributed by atoms with E-state index in [4.69, 9.17) is 5.73 Å². The number of rotatable bonds is 18. The van der Waals surface area contributed by atoms with Crippen LogP contribution in [0, 0.1) is 5.92 Å². The summed E-state index contributed by atoms with van der Waals surface area (Å²) in [6, 6.07) is 20.9. The SMILES string of the molecule is NC(=O)CC[C@H](NC(=O)[C@@H]1CC[C@@H]2CCN(CC3CCN(Cc4ccc5c(c4Br)CN(C4CCC(=O)NC4=O)C5=O)CC3)C[C@H](NC(=O)c3cc4cc(C(F)(F)P(=O)(O)O)ccc4[nH]3)C(=O)N21)C(=O)NC(c1ccccc1)c1ccccc1. The fourth-order valence-electron chi connectivity index (χ4n) is 12.2. The Morgan fingerprint density at radius 1 is 0.831 bits per heavy atom. The Kier molecular flexibility index (Phi) is 17.4. The number of alkyl halides is 2. The molecule has 4 fully saturated rings. The van der Waals surface area contributed by atoms with Gasteiger partial charge in [0.15, 0.2) is 0 Å². The van der Waals surface area contributed by atoms with Crippen molar-refractivity contribution in [2.24, 2.45) is 11.7 Å². The van der Waals surface area contributed by atoms with Gasteiger partial charge >= 0.3 is 13.3 Å². The molecular formula is C58H64BrF2N10O11P.